The van der Waals surface area contributed by atoms with E-state index < -0.39 is 0 Å². The maximum atomic E-state index is 12.5. The molecule has 1 aromatic rings. The first kappa shape index (κ1) is 16.8. The van der Waals surface area contributed by atoms with Crippen LogP contribution in [-0.4, -0.2) is 49.8 Å². The second kappa shape index (κ2) is 8.76. The summed E-state index contributed by atoms with van der Waals surface area (Å²) in [5.74, 6) is 0.884. The molecule has 1 fully saturated rings. The Kier molecular flexibility index (Phi) is 6.68. The molecule has 0 spiro atoms. The van der Waals surface area contributed by atoms with E-state index in [2.05, 4.69) is 0 Å². The molecule has 1 heterocycles. The maximum absolute atomic E-state index is 12.5. The number of nitrogens with zero attached hydrogens (tertiary/aromatic N) is 1. The van der Waals surface area contributed by atoms with Gasteiger partial charge in [0, 0.05) is 25.3 Å². The van der Waals surface area contributed by atoms with Crippen LogP contribution < -0.4 is 10.5 Å². The van der Waals surface area contributed by atoms with Crippen LogP contribution in [0, 0.1) is 0 Å². The molecule has 122 valence electrons. The van der Waals surface area contributed by atoms with E-state index in [1.807, 2.05) is 36.1 Å². The molecule has 0 unspecified atom stereocenters. The smallest absolute Gasteiger partial charge is 0.253 e. The third kappa shape index (κ3) is 4.71. The summed E-state index contributed by atoms with van der Waals surface area (Å²) in [7, 11) is 0. The van der Waals surface area contributed by atoms with Crippen LogP contribution >= 0.6 is 0 Å². The Morgan fingerprint density at radius 1 is 1.27 bits per heavy atom. The molecule has 1 aliphatic heterocycles. The quantitative estimate of drug-likeness (QED) is 0.783. The van der Waals surface area contributed by atoms with Gasteiger partial charge in [0.05, 0.1) is 12.7 Å². The third-order valence-corrected chi connectivity index (χ3v) is 3.84. The number of ether oxygens (including phenoxy) is 2. The summed E-state index contributed by atoms with van der Waals surface area (Å²) < 4.78 is 11.2. The van der Waals surface area contributed by atoms with Crippen molar-refractivity contribution < 1.29 is 14.3 Å². The molecule has 5 heteroatoms. The largest absolute Gasteiger partial charge is 0.494 e. The van der Waals surface area contributed by atoms with Crippen LogP contribution in [-0.2, 0) is 4.74 Å². The summed E-state index contributed by atoms with van der Waals surface area (Å²) >= 11 is 0. The predicted octanol–water partition coefficient (Wildman–Crippen LogP) is 2.06. The highest BCUT2D eigenvalue weighted by Crippen LogP contribution is 2.18. The number of carbonyl (C=O) groups is 1. The Morgan fingerprint density at radius 3 is 2.55 bits per heavy atom. The first-order valence-electron chi connectivity index (χ1n) is 8.08. The standard InChI is InChI=1S/C17H26N2O3/c1-2-21-15-6-4-14(5-7-15)17(20)19-11-8-16(9-12-19)22-13-3-10-18/h4-7,16H,2-3,8-13,18H2,1H3. The number of rotatable bonds is 7. The highest BCUT2D eigenvalue weighted by Gasteiger charge is 2.23. The van der Waals surface area contributed by atoms with E-state index in [0.29, 0.717) is 25.3 Å². The molecule has 5 nitrogen and oxygen atoms in total. The number of hydrogen-bond acceptors (Lipinski definition) is 4. The number of piperidine rings is 1. The molecule has 0 aliphatic carbocycles. The van der Waals surface area contributed by atoms with Crippen molar-refractivity contribution in [2.75, 3.05) is 32.8 Å². The molecule has 0 aromatic heterocycles. The fourth-order valence-electron chi connectivity index (χ4n) is 2.60. The number of amides is 1. The first-order valence-corrected chi connectivity index (χ1v) is 8.08. The molecule has 0 bridgehead atoms. The maximum Gasteiger partial charge on any atom is 0.253 e. The van der Waals surface area contributed by atoms with Gasteiger partial charge in [-0.25, -0.2) is 0 Å². The van der Waals surface area contributed by atoms with Crippen molar-refractivity contribution in [1.29, 1.82) is 0 Å². The summed E-state index contributed by atoms with van der Waals surface area (Å²) in [6, 6.07) is 7.35. The van der Waals surface area contributed by atoms with E-state index in [1.54, 1.807) is 0 Å². The SMILES string of the molecule is CCOc1ccc(C(=O)N2CCC(OCCCN)CC2)cc1. The molecule has 1 aromatic carbocycles. The van der Waals surface area contributed by atoms with Crippen LogP contribution in [0.2, 0.25) is 0 Å². The molecule has 2 N–H and O–H groups in total. The van der Waals surface area contributed by atoms with Gasteiger partial charge < -0.3 is 20.1 Å². The molecule has 2 rings (SSSR count). The molecular weight excluding hydrogens is 280 g/mol. The lowest BCUT2D eigenvalue weighted by Crippen LogP contribution is -2.41. The molecule has 22 heavy (non-hydrogen) atoms. The Bertz CT molecular complexity index is 453. The molecule has 0 saturated carbocycles. The van der Waals surface area contributed by atoms with Crippen LogP contribution in [0.3, 0.4) is 0 Å². The average molecular weight is 306 g/mol. The first-order chi connectivity index (χ1) is 10.7. The van der Waals surface area contributed by atoms with Crippen molar-refractivity contribution in [2.45, 2.75) is 32.3 Å². The summed E-state index contributed by atoms with van der Waals surface area (Å²) in [5, 5.41) is 0. The van der Waals surface area contributed by atoms with Crippen molar-refractivity contribution in [2.24, 2.45) is 5.73 Å². The van der Waals surface area contributed by atoms with Gasteiger partial charge in [0.2, 0.25) is 0 Å². The van der Waals surface area contributed by atoms with E-state index in [0.717, 1.165) is 38.1 Å². The summed E-state index contributed by atoms with van der Waals surface area (Å²) in [4.78, 5) is 14.4. The predicted molar refractivity (Wildman–Crippen MR) is 86.2 cm³/mol. The van der Waals surface area contributed by atoms with Crippen LogP contribution in [0.1, 0.15) is 36.5 Å². The van der Waals surface area contributed by atoms with Gasteiger partial charge in [-0.15, -0.1) is 0 Å². The number of benzene rings is 1. The van der Waals surface area contributed by atoms with Crippen molar-refractivity contribution >= 4 is 5.91 Å². The number of carbonyl (C=O) groups excluding carboxylic acids is 1. The van der Waals surface area contributed by atoms with E-state index in [9.17, 15) is 4.79 Å². The molecule has 1 amide bonds. The molecule has 1 aliphatic rings. The number of hydrogen-bond donors (Lipinski definition) is 1. The van der Waals surface area contributed by atoms with Gasteiger partial charge in [0.1, 0.15) is 5.75 Å². The minimum atomic E-state index is 0.0865. The van der Waals surface area contributed by atoms with E-state index in [-0.39, 0.29) is 12.0 Å². The van der Waals surface area contributed by atoms with Crippen LogP contribution in [0.25, 0.3) is 0 Å². The van der Waals surface area contributed by atoms with Crippen LogP contribution in [0.15, 0.2) is 24.3 Å². The topological polar surface area (TPSA) is 64.8 Å². The van der Waals surface area contributed by atoms with Gasteiger partial charge in [-0.2, -0.15) is 0 Å². The van der Waals surface area contributed by atoms with Crippen molar-refractivity contribution in [3.05, 3.63) is 29.8 Å². The van der Waals surface area contributed by atoms with Crippen LogP contribution in [0.5, 0.6) is 5.75 Å². The summed E-state index contributed by atoms with van der Waals surface area (Å²) in [6.07, 6.45) is 2.95. The Balaban J connectivity index is 1.81. The Hall–Kier alpha value is -1.59. The lowest BCUT2D eigenvalue weighted by molar-refractivity contribution is 0.00845. The van der Waals surface area contributed by atoms with Crippen molar-refractivity contribution in [1.82, 2.24) is 4.90 Å². The Morgan fingerprint density at radius 2 is 1.95 bits per heavy atom. The van der Waals surface area contributed by atoms with E-state index >= 15 is 0 Å². The fraction of sp³-hybridized carbons (Fsp3) is 0.588. The minimum Gasteiger partial charge on any atom is -0.494 e. The normalized spacial score (nSPS) is 15.8. The zero-order valence-electron chi connectivity index (χ0n) is 13.3. The monoisotopic (exact) mass is 306 g/mol. The zero-order valence-corrected chi connectivity index (χ0v) is 13.3. The van der Waals surface area contributed by atoms with Gasteiger partial charge >= 0.3 is 0 Å². The molecule has 1 saturated heterocycles. The Labute approximate surface area is 132 Å². The van der Waals surface area contributed by atoms with Gasteiger partial charge in [-0.3, -0.25) is 4.79 Å². The van der Waals surface area contributed by atoms with Crippen LogP contribution in [0.4, 0.5) is 0 Å². The lowest BCUT2D eigenvalue weighted by Gasteiger charge is -2.32. The number of nitrogens with two attached hydrogens (primary N) is 1. The van der Waals surface area contributed by atoms with Crippen molar-refractivity contribution in [3.8, 4) is 5.75 Å². The van der Waals surface area contributed by atoms with Gasteiger partial charge in [-0.05, 0) is 57.0 Å². The highest BCUT2D eigenvalue weighted by atomic mass is 16.5. The molecule has 0 radical (unpaired) electrons. The van der Waals surface area contributed by atoms with Gasteiger partial charge in [0.15, 0.2) is 0 Å². The second-order valence-corrected chi connectivity index (χ2v) is 5.46. The van der Waals surface area contributed by atoms with Gasteiger partial charge in [-0.1, -0.05) is 0 Å². The zero-order chi connectivity index (χ0) is 15.8. The highest BCUT2D eigenvalue weighted by molar-refractivity contribution is 5.94. The van der Waals surface area contributed by atoms with E-state index in [4.69, 9.17) is 15.2 Å². The number of likely N-dealkylation sites (tertiary alicyclic amines) is 1. The third-order valence-electron chi connectivity index (χ3n) is 3.84. The second-order valence-electron chi connectivity index (χ2n) is 5.46. The average Bonchev–Trinajstić information content (AvgIpc) is 2.56. The van der Waals surface area contributed by atoms with E-state index in [1.165, 1.54) is 0 Å². The molecule has 0 atom stereocenters. The van der Waals surface area contributed by atoms with Crippen molar-refractivity contribution in [3.63, 3.8) is 0 Å². The van der Waals surface area contributed by atoms with Gasteiger partial charge in [0.25, 0.3) is 5.91 Å². The minimum absolute atomic E-state index is 0.0865. The molecular formula is C17H26N2O3. The summed E-state index contributed by atoms with van der Waals surface area (Å²) in [5.41, 5.74) is 6.17. The summed E-state index contributed by atoms with van der Waals surface area (Å²) in [6.45, 7) is 5.45. The fourth-order valence-corrected chi connectivity index (χ4v) is 2.60. The lowest BCUT2D eigenvalue weighted by atomic mass is 10.1.